The maximum absolute atomic E-state index is 12.2. The van der Waals surface area contributed by atoms with Crippen LogP contribution in [0.25, 0.3) is 0 Å². The fourth-order valence-corrected chi connectivity index (χ4v) is 1.35. The van der Waals surface area contributed by atoms with E-state index in [1.54, 1.807) is 0 Å². The van der Waals surface area contributed by atoms with E-state index in [9.17, 15) is 26.3 Å². The molecule has 0 amide bonds. The summed E-state index contributed by atoms with van der Waals surface area (Å²) >= 11 is 0. The summed E-state index contributed by atoms with van der Waals surface area (Å²) in [4.78, 5) is 0. The van der Waals surface area contributed by atoms with Crippen molar-refractivity contribution in [1.29, 1.82) is 0 Å². The second-order valence-electron chi connectivity index (χ2n) is 3.88. The SMILES string of the molecule is NC(CCc1ccc(C(F)(F)F)cc1)C(F)(F)F. The Kier molecular flexibility index (Phi) is 4.26. The van der Waals surface area contributed by atoms with Crippen LogP contribution in [-0.2, 0) is 12.6 Å². The Bertz CT molecular complexity index is 378. The van der Waals surface area contributed by atoms with E-state index in [-0.39, 0.29) is 12.8 Å². The van der Waals surface area contributed by atoms with Crippen LogP contribution in [-0.4, -0.2) is 12.2 Å². The lowest BCUT2D eigenvalue weighted by Gasteiger charge is -2.15. The molecule has 0 aliphatic carbocycles. The lowest BCUT2D eigenvalue weighted by molar-refractivity contribution is -0.148. The fourth-order valence-electron chi connectivity index (χ4n) is 1.35. The van der Waals surface area contributed by atoms with Gasteiger partial charge in [0.2, 0.25) is 0 Å². The standard InChI is InChI=1S/C11H11F6N/c12-10(13,14)8-4-1-7(2-5-8)3-6-9(18)11(15,16)17/h1-2,4-5,9H,3,6,18H2. The molecule has 0 saturated carbocycles. The van der Waals surface area contributed by atoms with E-state index in [0.717, 1.165) is 24.3 Å². The van der Waals surface area contributed by atoms with Crippen molar-refractivity contribution in [2.75, 3.05) is 0 Å². The number of nitrogens with two attached hydrogens (primary N) is 1. The molecule has 0 saturated heterocycles. The zero-order valence-corrected chi connectivity index (χ0v) is 9.15. The number of aryl methyl sites for hydroxylation is 1. The van der Waals surface area contributed by atoms with Crippen LogP contribution in [0.4, 0.5) is 26.3 Å². The molecule has 2 N–H and O–H groups in total. The first kappa shape index (κ1) is 14.8. The van der Waals surface area contributed by atoms with Gasteiger partial charge in [-0.1, -0.05) is 12.1 Å². The van der Waals surface area contributed by atoms with Crippen LogP contribution < -0.4 is 5.73 Å². The Morgan fingerprint density at radius 2 is 1.44 bits per heavy atom. The van der Waals surface area contributed by atoms with Crippen LogP contribution in [0, 0.1) is 0 Å². The molecule has 1 nitrogen and oxygen atoms in total. The maximum Gasteiger partial charge on any atom is 0.416 e. The highest BCUT2D eigenvalue weighted by Crippen LogP contribution is 2.29. The van der Waals surface area contributed by atoms with Crippen LogP contribution in [0.5, 0.6) is 0 Å². The lowest BCUT2D eigenvalue weighted by atomic mass is 10.0. The summed E-state index contributed by atoms with van der Waals surface area (Å²) in [7, 11) is 0. The molecule has 0 radical (unpaired) electrons. The van der Waals surface area contributed by atoms with Gasteiger partial charge in [-0.05, 0) is 30.5 Å². The highest BCUT2D eigenvalue weighted by molar-refractivity contribution is 5.24. The van der Waals surface area contributed by atoms with E-state index >= 15 is 0 Å². The van der Waals surface area contributed by atoms with Gasteiger partial charge < -0.3 is 5.73 Å². The first-order chi connectivity index (χ1) is 8.10. The van der Waals surface area contributed by atoms with Gasteiger partial charge in [-0.15, -0.1) is 0 Å². The Morgan fingerprint density at radius 3 is 1.83 bits per heavy atom. The molecule has 7 heteroatoms. The lowest BCUT2D eigenvalue weighted by Crippen LogP contribution is -2.37. The van der Waals surface area contributed by atoms with Crippen molar-refractivity contribution in [1.82, 2.24) is 0 Å². The smallest absolute Gasteiger partial charge is 0.320 e. The molecule has 1 rings (SSSR count). The minimum atomic E-state index is -4.48. The Hall–Kier alpha value is -1.24. The van der Waals surface area contributed by atoms with Gasteiger partial charge in [-0.3, -0.25) is 0 Å². The summed E-state index contributed by atoms with van der Waals surface area (Å²) in [5, 5.41) is 0. The third kappa shape index (κ3) is 4.21. The Balaban J connectivity index is 2.60. The van der Waals surface area contributed by atoms with Gasteiger partial charge in [-0.2, -0.15) is 26.3 Å². The predicted molar refractivity (Wildman–Crippen MR) is 53.8 cm³/mol. The largest absolute Gasteiger partial charge is 0.416 e. The molecule has 1 atom stereocenters. The fraction of sp³-hybridized carbons (Fsp3) is 0.455. The molecular weight excluding hydrogens is 260 g/mol. The molecule has 0 aliphatic rings. The minimum absolute atomic E-state index is 0.0151. The summed E-state index contributed by atoms with van der Waals surface area (Å²) in [6, 6.07) is 2.04. The van der Waals surface area contributed by atoms with Crippen LogP contribution in [0.2, 0.25) is 0 Å². The number of alkyl halides is 6. The van der Waals surface area contributed by atoms with Crippen molar-refractivity contribution in [3.63, 3.8) is 0 Å². The van der Waals surface area contributed by atoms with Gasteiger partial charge in [0.1, 0.15) is 6.04 Å². The third-order valence-electron chi connectivity index (χ3n) is 2.45. The molecule has 0 spiro atoms. The van der Waals surface area contributed by atoms with Gasteiger partial charge in [0, 0.05) is 0 Å². The molecule has 1 unspecified atom stereocenters. The van der Waals surface area contributed by atoms with E-state index in [1.165, 1.54) is 0 Å². The van der Waals surface area contributed by atoms with Crippen molar-refractivity contribution in [2.24, 2.45) is 5.73 Å². The third-order valence-corrected chi connectivity index (χ3v) is 2.45. The molecule has 18 heavy (non-hydrogen) atoms. The zero-order chi connectivity index (χ0) is 14.0. The van der Waals surface area contributed by atoms with Crippen molar-refractivity contribution in [3.05, 3.63) is 35.4 Å². The Labute approximate surface area is 99.6 Å². The van der Waals surface area contributed by atoms with Gasteiger partial charge in [0.15, 0.2) is 0 Å². The molecule has 1 aromatic rings. The van der Waals surface area contributed by atoms with Crippen LogP contribution in [0.1, 0.15) is 17.5 Å². The first-order valence-electron chi connectivity index (χ1n) is 5.09. The van der Waals surface area contributed by atoms with Gasteiger partial charge in [0.05, 0.1) is 5.56 Å². The van der Waals surface area contributed by atoms with Crippen LogP contribution in [0.15, 0.2) is 24.3 Å². The molecule has 0 fully saturated rings. The molecule has 0 heterocycles. The molecule has 0 aromatic heterocycles. The topological polar surface area (TPSA) is 26.0 Å². The number of rotatable bonds is 3. The molecule has 102 valence electrons. The molecule has 1 aromatic carbocycles. The second-order valence-corrected chi connectivity index (χ2v) is 3.88. The number of halogens is 6. The summed E-state index contributed by atoms with van der Waals surface area (Å²) in [5.74, 6) is 0. The van der Waals surface area contributed by atoms with Crippen molar-refractivity contribution in [3.8, 4) is 0 Å². The van der Waals surface area contributed by atoms with E-state index in [1.807, 2.05) is 0 Å². The number of benzene rings is 1. The van der Waals surface area contributed by atoms with Crippen molar-refractivity contribution in [2.45, 2.75) is 31.2 Å². The van der Waals surface area contributed by atoms with E-state index in [2.05, 4.69) is 0 Å². The number of hydrogen-bond donors (Lipinski definition) is 1. The minimum Gasteiger partial charge on any atom is -0.320 e. The average Bonchev–Trinajstić information content (AvgIpc) is 2.24. The monoisotopic (exact) mass is 271 g/mol. The van der Waals surface area contributed by atoms with Crippen LogP contribution >= 0.6 is 0 Å². The second kappa shape index (κ2) is 5.17. The summed E-state index contributed by atoms with van der Waals surface area (Å²) in [5.41, 5.74) is 4.46. The quantitative estimate of drug-likeness (QED) is 0.836. The van der Waals surface area contributed by atoms with Gasteiger partial charge >= 0.3 is 12.4 Å². The normalized spacial score (nSPS) is 14.6. The van der Waals surface area contributed by atoms with Gasteiger partial charge in [0.25, 0.3) is 0 Å². The van der Waals surface area contributed by atoms with Crippen LogP contribution in [0.3, 0.4) is 0 Å². The molecule has 0 aliphatic heterocycles. The average molecular weight is 271 g/mol. The molecule has 0 bridgehead atoms. The highest BCUT2D eigenvalue weighted by atomic mass is 19.4. The highest BCUT2D eigenvalue weighted by Gasteiger charge is 2.36. The van der Waals surface area contributed by atoms with Gasteiger partial charge in [-0.25, -0.2) is 0 Å². The summed E-state index contributed by atoms with van der Waals surface area (Å²) < 4.78 is 73.0. The molecular formula is C11H11F6N. The Morgan fingerprint density at radius 1 is 0.944 bits per heavy atom. The zero-order valence-electron chi connectivity index (χ0n) is 9.15. The van der Waals surface area contributed by atoms with Crippen molar-refractivity contribution >= 4 is 0 Å². The number of hydrogen-bond acceptors (Lipinski definition) is 1. The maximum atomic E-state index is 12.2. The predicted octanol–water partition coefficient (Wildman–Crippen LogP) is 3.53. The summed E-state index contributed by atoms with van der Waals surface area (Å²) in [6.45, 7) is 0. The van der Waals surface area contributed by atoms with Crippen molar-refractivity contribution < 1.29 is 26.3 Å². The van der Waals surface area contributed by atoms with E-state index < -0.39 is 24.0 Å². The van der Waals surface area contributed by atoms with E-state index in [0.29, 0.717) is 5.56 Å². The summed E-state index contributed by atoms with van der Waals surface area (Å²) in [6.07, 6.45) is -9.29. The first-order valence-corrected chi connectivity index (χ1v) is 5.09. The van der Waals surface area contributed by atoms with E-state index in [4.69, 9.17) is 5.73 Å².